The zero-order valence-corrected chi connectivity index (χ0v) is 20.2. The van der Waals surface area contributed by atoms with Crippen LogP contribution in [-0.4, -0.2) is 21.1 Å². The molecule has 1 aliphatic rings. The molecule has 1 aliphatic carbocycles. The van der Waals surface area contributed by atoms with E-state index >= 15 is 0 Å². The normalized spacial score (nSPS) is 15.5. The summed E-state index contributed by atoms with van der Waals surface area (Å²) in [6.45, 7) is 3.85. The molecule has 0 saturated carbocycles. The minimum absolute atomic E-state index is 0.0701. The fourth-order valence-corrected chi connectivity index (χ4v) is 6.56. The molecule has 0 bridgehead atoms. The zero-order valence-electron chi connectivity index (χ0n) is 17.8. The largest absolute Gasteiger partial charge is 0.410 e. The molecule has 32 heavy (non-hydrogen) atoms. The Bertz CT molecular complexity index is 1230. The van der Waals surface area contributed by atoms with E-state index in [9.17, 15) is 4.79 Å². The zero-order chi connectivity index (χ0) is 22.1. The van der Waals surface area contributed by atoms with Gasteiger partial charge in [0.25, 0.3) is 11.1 Å². The molecule has 164 valence electrons. The van der Waals surface area contributed by atoms with E-state index in [4.69, 9.17) is 4.42 Å². The lowest BCUT2D eigenvalue weighted by Crippen LogP contribution is -2.22. The van der Waals surface area contributed by atoms with Gasteiger partial charge in [-0.05, 0) is 48.9 Å². The van der Waals surface area contributed by atoms with Gasteiger partial charge in [0, 0.05) is 22.9 Å². The monoisotopic (exact) mass is 482 g/mol. The predicted molar refractivity (Wildman–Crippen MR) is 130 cm³/mol. The summed E-state index contributed by atoms with van der Waals surface area (Å²) in [4.78, 5) is 21.0. The molecule has 4 aromatic rings. The molecule has 0 N–H and O–H groups in total. The standard InChI is InChI=1S/C23H22N4O2S3/c1-14-8-9-19-16(10-14)11-20(32-19)21-25-26-23(29-21)31-13-17-12-30-22(24-17)27(15(2)28)18-6-4-3-5-7-18/h3-7,11-12,14H,8-10,13H2,1-2H3. The van der Waals surface area contributed by atoms with Crippen LogP contribution in [-0.2, 0) is 23.4 Å². The number of nitrogens with zero attached hydrogens (tertiary/aromatic N) is 4. The lowest BCUT2D eigenvalue weighted by molar-refractivity contribution is -0.115. The van der Waals surface area contributed by atoms with Gasteiger partial charge < -0.3 is 4.42 Å². The number of aryl methyl sites for hydroxylation is 1. The van der Waals surface area contributed by atoms with Crippen LogP contribution in [0.25, 0.3) is 10.8 Å². The molecular weight excluding hydrogens is 460 g/mol. The number of hydrogen-bond acceptors (Lipinski definition) is 8. The highest BCUT2D eigenvalue weighted by Crippen LogP contribution is 2.38. The van der Waals surface area contributed by atoms with E-state index in [0.29, 0.717) is 22.0 Å². The average Bonchev–Trinajstić information content (AvgIpc) is 3.52. The number of fused-ring (bicyclic) bond motifs is 1. The van der Waals surface area contributed by atoms with E-state index in [-0.39, 0.29) is 5.91 Å². The second-order valence-corrected chi connectivity index (χ2v) is 10.8. The Labute approximate surface area is 198 Å². The van der Waals surface area contributed by atoms with Crippen LogP contribution in [0.4, 0.5) is 10.8 Å². The molecule has 0 aliphatic heterocycles. The summed E-state index contributed by atoms with van der Waals surface area (Å²) in [6.07, 6.45) is 3.52. The Hall–Kier alpha value is -2.49. The quantitative estimate of drug-likeness (QED) is 0.298. The third kappa shape index (κ3) is 4.51. The van der Waals surface area contributed by atoms with Crippen LogP contribution in [0.5, 0.6) is 0 Å². The van der Waals surface area contributed by atoms with Crippen molar-refractivity contribution in [2.75, 3.05) is 4.90 Å². The maximum atomic E-state index is 12.2. The molecule has 6 nitrogen and oxygen atoms in total. The number of aromatic nitrogens is 3. The van der Waals surface area contributed by atoms with E-state index in [1.54, 1.807) is 23.2 Å². The van der Waals surface area contributed by atoms with Gasteiger partial charge in [-0.1, -0.05) is 36.9 Å². The van der Waals surface area contributed by atoms with Crippen LogP contribution in [0, 0.1) is 5.92 Å². The van der Waals surface area contributed by atoms with Gasteiger partial charge in [-0.2, -0.15) is 0 Å². The minimum Gasteiger partial charge on any atom is -0.410 e. The van der Waals surface area contributed by atoms with Gasteiger partial charge in [0.05, 0.1) is 16.3 Å². The lowest BCUT2D eigenvalue weighted by atomic mass is 9.90. The number of benzene rings is 1. The van der Waals surface area contributed by atoms with E-state index in [1.165, 1.54) is 40.0 Å². The molecule has 3 heterocycles. The number of carbonyl (C=O) groups excluding carboxylic acids is 1. The first-order valence-electron chi connectivity index (χ1n) is 10.4. The molecule has 1 amide bonds. The van der Waals surface area contributed by atoms with E-state index in [1.807, 2.05) is 35.7 Å². The van der Waals surface area contributed by atoms with Crippen molar-refractivity contribution < 1.29 is 9.21 Å². The molecule has 9 heteroatoms. The first kappa shape index (κ1) is 21.4. The van der Waals surface area contributed by atoms with E-state index in [0.717, 1.165) is 35.0 Å². The predicted octanol–water partition coefficient (Wildman–Crippen LogP) is 6.36. The summed E-state index contributed by atoms with van der Waals surface area (Å²) in [5.41, 5.74) is 3.11. The van der Waals surface area contributed by atoms with Gasteiger partial charge >= 0.3 is 0 Å². The molecule has 0 fully saturated rings. The van der Waals surface area contributed by atoms with Crippen molar-refractivity contribution in [1.29, 1.82) is 0 Å². The number of rotatable bonds is 6. The van der Waals surface area contributed by atoms with Crippen molar-refractivity contribution in [2.45, 2.75) is 44.1 Å². The molecule has 1 aromatic carbocycles. The van der Waals surface area contributed by atoms with E-state index in [2.05, 4.69) is 28.2 Å². The molecule has 5 rings (SSSR count). The van der Waals surface area contributed by atoms with Gasteiger partial charge in [-0.25, -0.2) is 4.98 Å². The molecule has 1 atom stereocenters. The molecule has 0 spiro atoms. The number of para-hydroxylation sites is 1. The number of thiazole rings is 1. The SMILES string of the molecule is CC(=O)N(c1ccccc1)c1nc(CSc2nnc(-c3cc4c(s3)CCC(C)C4)o2)cs1. The number of hydrogen-bond donors (Lipinski definition) is 0. The maximum absolute atomic E-state index is 12.2. The summed E-state index contributed by atoms with van der Waals surface area (Å²) in [7, 11) is 0. The highest BCUT2D eigenvalue weighted by Gasteiger charge is 2.21. The maximum Gasteiger partial charge on any atom is 0.277 e. The Morgan fingerprint density at radius 1 is 1.28 bits per heavy atom. The molecule has 0 radical (unpaired) electrons. The van der Waals surface area contributed by atoms with E-state index < -0.39 is 0 Å². The van der Waals surface area contributed by atoms with Gasteiger partial charge in [0.1, 0.15) is 0 Å². The van der Waals surface area contributed by atoms with Gasteiger partial charge in [-0.15, -0.1) is 32.9 Å². The van der Waals surface area contributed by atoms with Crippen LogP contribution in [0.1, 0.15) is 36.4 Å². The molecule has 3 aromatic heterocycles. The fourth-order valence-electron chi connectivity index (χ4n) is 3.78. The van der Waals surface area contributed by atoms with Crippen LogP contribution in [0.15, 0.2) is 51.4 Å². The molecule has 0 saturated heterocycles. The van der Waals surface area contributed by atoms with Crippen molar-refractivity contribution in [3.05, 3.63) is 57.9 Å². The highest BCUT2D eigenvalue weighted by atomic mass is 32.2. The third-order valence-electron chi connectivity index (χ3n) is 5.35. The third-order valence-corrected chi connectivity index (χ3v) is 8.30. The van der Waals surface area contributed by atoms with Crippen molar-refractivity contribution in [3.8, 4) is 10.8 Å². The average molecular weight is 483 g/mol. The summed E-state index contributed by atoms with van der Waals surface area (Å²) in [5.74, 6) is 1.85. The van der Waals surface area contributed by atoms with Crippen molar-refractivity contribution >= 4 is 51.2 Å². The van der Waals surface area contributed by atoms with Gasteiger partial charge in [-0.3, -0.25) is 9.69 Å². The number of amides is 1. The molecular formula is C23H22N4O2S3. The van der Waals surface area contributed by atoms with Gasteiger partial charge in [0.2, 0.25) is 5.91 Å². The minimum atomic E-state index is -0.0701. The highest BCUT2D eigenvalue weighted by molar-refractivity contribution is 7.98. The fraction of sp³-hybridized carbons (Fsp3) is 0.304. The van der Waals surface area contributed by atoms with Crippen LogP contribution >= 0.6 is 34.4 Å². The van der Waals surface area contributed by atoms with Crippen molar-refractivity contribution in [1.82, 2.24) is 15.2 Å². The molecule has 1 unspecified atom stereocenters. The van der Waals surface area contributed by atoms with Crippen molar-refractivity contribution in [3.63, 3.8) is 0 Å². The first-order valence-corrected chi connectivity index (χ1v) is 13.1. The number of carbonyl (C=O) groups is 1. The Morgan fingerprint density at radius 2 is 2.12 bits per heavy atom. The van der Waals surface area contributed by atoms with Gasteiger partial charge in [0.15, 0.2) is 5.13 Å². The lowest BCUT2D eigenvalue weighted by Gasteiger charge is -2.17. The summed E-state index contributed by atoms with van der Waals surface area (Å²) >= 11 is 4.68. The summed E-state index contributed by atoms with van der Waals surface area (Å²) in [5, 5.41) is 11.6. The Kier molecular flexibility index (Phi) is 6.12. The Balaban J connectivity index is 1.26. The van der Waals surface area contributed by atoms with Crippen LogP contribution in [0.3, 0.4) is 0 Å². The topological polar surface area (TPSA) is 72.1 Å². The second-order valence-electron chi connectivity index (χ2n) is 7.88. The summed E-state index contributed by atoms with van der Waals surface area (Å²) < 4.78 is 5.92. The first-order chi connectivity index (χ1) is 15.6. The Morgan fingerprint density at radius 3 is 2.94 bits per heavy atom. The van der Waals surface area contributed by atoms with Crippen LogP contribution < -0.4 is 4.90 Å². The number of thioether (sulfide) groups is 1. The second kappa shape index (κ2) is 9.17. The number of thiophene rings is 1. The van der Waals surface area contributed by atoms with Crippen molar-refractivity contribution in [2.24, 2.45) is 5.92 Å². The number of anilines is 2. The smallest absolute Gasteiger partial charge is 0.277 e. The van der Waals surface area contributed by atoms with Crippen LogP contribution in [0.2, 0.25) is 0 Å². The summed E-state index contributed by atoms with van der Waals surface area (Å²) in [6, 6.07) is 11.8.